The number of anilines is 1. The molecule has 1 amide bonds. The normalized spacial score (nSPS) is 14.6. The zero-order valence-electron chi connectivity index (χ0n) is 22.6. The highest BCUT2D eigenvalue weighted by molar-refractivity contribution is 6.06. The average molecular weight is 545 g/mol. The number of carboxylic acids is 1. The van der Waals surface area contributed by atoms with Gasteiger partial charge in [-0.2, -0.15) is 0 Å². The Morgan fingerprint density at radius 1 is 1.10 bits per heavy atom. The summed E-state index contributed by atoms with van der Waals surface area (Å²) in [4.78, 5) is 31.9. The standard InChI is InChI=1S/C31H29FN2O6/c1-18-23(33-28(40-18)19-9-12-22(32)13-10-19)17-39-27-16-21(11-14-26(27)38-4)31(2,3)30(37)34-24-8-6-5-7-20(24)15-25(34)29(35)36/h5-14,16,25H,15,17H2,1-4H3,(H,35,36)/t25-/m1/s1. The minimum atomic E-state index is -1.09. The van der Waals surface area contributed by atoms with Gasteiger partial charge < -0.3 is 19.0 Å². The number of para-hydroxylation sites is 1. The molecule has 1 aromatic heterocycles. The third kappa shape index (κ3) is 4.90. The number of aryl methyl sites for hydroxylation is 1. The zero-order valence-corrected chi connectivity index (χ0v) is 22.6. The number of carboxylic acid groups (broad SMARTS) is 1. The predicted molar refractivity (Wildman–Crippen MR) is 146 cm³/mol. The summed E-state index contributed by atoms with van der Waals surface area (Å²) in [6.07, 6.45) is 0.251. The molecule has 0 unspecified atom stereocenters. The molecule has 0 aliphatic carbocycles. The number of aliphatic carboxylic acids is 1. The average Bonchev–Trinajstić information content (AvgIpc) is 3.52. The van der Waals surface area contributed by atoms with Gasteiger partial charge in [-0.25, -0.2) is 14.2 Å². The molecule has 0 bridgehead atoms. The van der Waals surface area contributed by atoms with Gasteiger partial charge >= 0.3 is 5.97 Å². The third-order valence-electron chi connectivity index (χ3n) is 7.25. The molecule has 0 radical (unpaired) electrons. The van der Waals surface area contributed by atoms with Crippen molar-refractivity contribution in [2.45, 2.75) is 45.3 Å². The van der Waals surface area contributed by atoms with Gasteiger partial charge in [-0.05, 0) is 74.4 Å². The van der Waals surface area contributed by atoms with E-state index >= 15 is 0 Å². The fourth-order valence-electron chi connectivity index (χ4n) is 4.86. The number of methoxy groups -OCH3 is 1. The Morgan fingerprint density at radius 3 is 2.52 bits per heavy atom. The van der Waals surface area contributed by atoms with Gasteiger partial charge in [0.05, 0.1) is 12.5 Å². The first kappa shape index (κ1) is 26.9. The van der Waals surface area contributed by atoms with Crippen LogP contribution in [0.1, 0.15) is 36.4 Å². The summed E-state index contributed by atoms with van der Waals surface area (Å²) in [7, 11) is 1.52. The van der Waals surface area contributed by atoms with Crippen LogP contribution in [0, 0.1) is 12.7 Å². The lowest BCUT2D eigenvalue weighted by molar-refractivity contribution is -0.140. The van der Waals surface area contributed by atoms with Crippen LogP contribution in [0.25, 0.3) is 11.5 Å². The van der Waals surface area contributed by atoms with Crippen LogP contribution < -0.4 is 14.4 Å². The number of fused-ring (bicyclic) bond motifs is 1. The number of benzene rings is 3. The molecule has 0 fully saturated rings. The van der Waals surface area contributed by atoms with Crippen LogP contribution in [-0.2, 0) is 28.0 Å². The van der Waals surface area contributed by atoms with E-state index in [1.54, 1.807) is 63.2 Å². The maximum absolute atomic E-state index is 13.9. The van der Waals surface area contributed by atoms with Crippen LogP contribution >= 0.6 is 0 Å². The van der Waals surface area contributed by atoms with Crippen LogP contribution in [-0.4, -0.2) is 35.1 Å². The van der Waals surface area contributed by atoms with Crippen molar-refractivity contribution in [1.82, 2.24) is 4.98 Å². The van der Waals surface area contributed by atoms with Crippen molar-refractivity contribution >= 4 is 17.6 Å². The number of carbonyl (C=O) groups is 2. The van der Waals surface area contributed by atoms with Crippen LogP contribution in [0.5, 0.6) is 11.5 Å². The first-order valence-electron chi connectivity index (χ1n) is 12.8. The Morgan fingerprint density at radius 2 is 1.82 bits per heavy atom. The van der Waals surface area contributed by atoms with Crippen molar-refractivity contribution in [3.8, 4) is 23.0 Å². The predicted octanol–water partition coefficient (Wildman–Crippen LogP) is 5.70. The number of hydrogen-bond acceptors (Lipinski definition) is 6. The van der Waals surface area contributed by atoms with Crippen molar-refractivity contribution in [1.29, 1.82) is 0 Å². The number of oxazole rings is 1. The molecule has 0 saturated heterocycles. The van der Waals surface area contributed by atoms with Crippen LogP contribution in [0.2, 0.25) is 0 Å². The Labute approximate surface area is 231 Å². The maximum atomic E-state index is 13.9. The molecule has 40 heavy (non-hydrogen) atoms. The van der Waals surface area contributed by atoms with E-state index in [0.29, 0.717) is 45.7 Å². The number of carbonyl (C=O) groups excluding carboxylic acids is 1. The number of halogens is 1. The molecule has 2 heterocycles. The first-order chi connectivity index (χ1) is 19.1. The lowest BCUT2D eigenvalue weighted by Crippen LogP contribution is -2.50. The summed E-state index contributed by atoms with van der Waals surface area (Å²) in [6.45, 7) is 5.35. The molecular weight excluding hydrogens is 515 g/mol. The van der Waals surface area contributed by atoms with Gasteiger partial charge in [-0.15, -0.1) is 0 Å². The molecule has 1 aliphatic rings. The summed E-state index contributed by atoms with van der Waals surface area (Å²) in [5.41, 5.74) is 2.16. The number of ether oxygens (including phenoxy) is 2. The molecule has 9 heteroatoms. The van der Waals surface area contributed by atoms with Crippen LogP contribution in [0.4, 0.5) is 10.1 Å². The Balaban J connectivity index is 1.41. The van der Waals surface area contributed by atoms with E-state index in [9.17, 15) is 19.1 Å². The lowest BCUT2D eigenvalue weighted by Gasteiger charge is -2.33. The molecule has 1 aliphatic heterocycles. The fourth-order valence-corrected chi connectivity index (χ4v) is 4.86. The zero-order chi connectivity index (χ0) is 28.6. The van der Waals surface area contributed by atoms with E-state index in [-0.39, 0.29) is 24.8 Å². The monoisotopic (exact) mass is 544 g/mol. The number of rotatable bonds is 8. The minimum absolute atomic E-state index is 0.0608. The third-order valence-corrected chi connectivity index (χ3v) is 7.25. The van der Waals surface area contributed by atoms with Crippen LogP contribution in [0.3, 0.4) is 0 Å². The van der Waals surface area contributed by atoms with Gasteiger partial charge in [0, 0.05) is 17.7 Å². The van der Waals surface area contributed by atoms with Gasteiger partial charge in [-0.1, -0.05) is 24.3 Å². The summed E-state index contributed by atoms with van der Waals surface area (Å²) in [5.74, 6) is 0.0144. The van der Waals surface area contributed by atoms with Gasteiger partial charge in [0.2, 0.25) is 11.8 Å². The molecule has 3 aromatic carbocycles. The van der Waals surface area contributed by atoms with Gasteiger partial charge in [0.15, 0.2) is 11.5 Å². The van der Waals surface area contributed by atoms with Gasteiger partial charge in [0.25, 0.3) is 0 Å². The molecule has 1 N–H and O–H groups in total. The first-order valence-corrected chi connectivity index (χ1v) is 12.8. The Hall–Kier alpha value is -4.66. The second kappa shape index (κ2) is 10.5. The topological polar surface area (TPSA) is 102 Å². The van der Waals surface area contributed by atoms with E-state index in [2.05, 4.69) is 4.98 Å². The van der Waals surface area contributed by atoms with Crippen molar-refractivity contribution in [3.63, 3.8) is 0 Å². The maximum Gasteiger partial charge on any atom is 0.327 e. The number of amides is 1. The number of aromatic nitrogens is 1. The van der Waals surface area contributed by atoms with E-state index in [1.165, 1.54) is 24.1 Å². The highest BCUT2D eigenvalue weighted by Gasteiger charge is 2.44. The summed E-state index contributed by atoms with van der Waals surface area (Å²) >= 11 is 0. The van der Waals surface area contributed by atoms with E-state index in [4.69, 9.17) is 13.9 Å². The van der Waals surface area contributed by atoms with Crippen molar-refractivity contribution < 1.29 is 33.0 Å². The van der Waals surface area contributed by atoms with E-state index in [0.717, 1.165) is 5.56 Å². The molecule has 0 saturated carbocycles. The minimum Gasteiger partial charge on any atom is -0.493 e. The molecular formula is C31H29FN2O6. The smallest absolute Gasteiger partial charge is 0.327 e. The summed E-state index contributed by atoms with van der Waals surface area (Å²) in [6, 6.07) is 17.3. The van der Waals surface area contributed by atoms with Crippen molar-refractivity contribution in [3.05, 3.63) is 95.1 Å². The van der Waals surface area contributed by atoms with Crippen LogP contribution in [0.15, 0.2) is 71.1 Å². The van der Waals surface area contributed by atoms with E-state index in [1.807, 2.05) is 12.1 Å². The number of hydrogen-bond donors (Lipinski definition) is 1. The van der Waals surface area contributed by atoms with Crippen molar-refractivity contribution in [2.24, 2.45) is 0 Å². The largest absolute Gasteiger partial charge is 0.493 e. The van der Waals surface area contributed by atoms with Crippen molar-refractivity contribution in [2.75, 3.05) is 12.0 Å². The second-order valence-electron chi connectivity index (χ2n) is 10.2. The van der Waals surface area contributed by atoms with E-state index < -0.39 is 17.4 Å². The molecule has 1 atom stereocenters. The number of nitrogens with zero attached hydrogens (tertiary/aromatic N) is 2. The lowest BCUT2D eigenvalue weighted by atomic mass is 9.82. The quantitative estimate of drug-likeness (QED) is 0.304. The molecule has 0 spiro atoms. The molecule has 4 aromatic rings. The Bertz CT molecular complexity index is 1580. The summed E-state index contributed by atoms with van der Waals surface area (Å²) < 4.78 is 30.7. The second-order valence-corrected chi connectivity index (χ2v) is 10.2. The summed E-state index contributed by atoms with van der Waals surface area (Å²) in [5, 5.41) is 9.88. The van der Waals surface area contributed by atoms with Gasteiger partial charge in [-0.3, -0.25) is 9.69 Å². The van der Waals surface area contributed by atoms with Gasteiger partial charge in [0.1, 0.15) is 29.9 Å². The highest BCUT2D eigenvalue weighted by Crippen LogP contribution is 2.39. The Kier molecular flexibility index (Phi) is 7.06. The SMILES string of the molecule is COc1ccc(C(C)(C)C(=O)N2c3ccccc3C[C@@H]2C(=O)O)cc1OCc1nc(-c2ccc(F)cc2)oc1C. The molecule has 206 valence electrons. The molecule has 5 rings (SSSR count). The molecule has 8 nitrogen and oxygen atoms in total. The highest BCUT2D eigenvalue weighted by atomic mass is 19.1. The fraction of sp³-hybridized carbons (Fsp3) is 0.258.